The van der Waals surface area contributed by atoms with Crippen LogP contribution in [0.4, 0.5) is 0 Å². The smallest absolute Gasteiger partial charge is 0.327 e. The number of aliphatic carboxylic acids is 1. The number of aliphatic hydroxyl groups is 1. The van der Waals surface area contributed by atoms with Crippen LogP contribution in [0.1, 0.15) is 83.5 Å². The number of hydrogen-bond donors (Lipinski definition) is 2. The van der Waals surface area contributed by atoms with Crippen molar-refractivity contribution in [2.24, 2.45) is 0 Å². The summed E-state index contributed by atoms with van der Waals surface area (Å²) in [5, 5.41) is 17.4. The highest BCUT2D eigenvalue weighted by Gasteiger charge is 2.19. The van der Waals surface area contributed by atoms with E-state index >= 15 is 0 Å². The first kappa shape index (κ1) is 20.3. The van der Waals surface area contributed by atoms with E-state index in [9.17, 15) is 4.79 Å². The first-order valence-corrected chi connectivity index (χ1v) is 9.36. The van der Waals surface area contributed by atoms with Gasteiger partial charge in [0.1, 0.15) is 0 Å². The molecule has 0 amide bonds. The molecule has 0 radical (unpaired) electrons. The Morgan fingerprint density at radius 2 is 1.33 bits per heavy atom. The van der Waals surface area contributed by atoms with Gasteiger partial charge in [-0.25, -0.2) is 0 Å². The molecule has 2 N–H and O–H groups in total. The predicted octanol–water partition coefficient (Wildman–Crippen LogP) is 6.01. The minimum Gasteiger partial charge on any atom is -0.481 e. The number of carboxylic acid groups (broad SMARTS) is 1. The van der Waals surface area contributed by atoms with E-state index in [1.807, 2.05) is 12.2 Å². The molecular formula is C20H32O4. The molecule has 0 spiro atoms. The molecule has 4 nitrogen and oxygen atoms in total. The molecule has 1 aliphatic heterocycles. The Kier molecular flexibility index (Phi) is 11.6. The molecule has 0 aromatic carbocycles. The molecule has 0 aromatic heterocycles. The number of ether oxygens (including phenoxy) is 1. The summed E-state index contributed by atoms with van der Waals surface area (Å²) in [6, 6.07) is 0. The molecule has 4 heteroatoms. The number of unbranched alkanes of at least 4 members (excludes halogenated alkanes) is 11. The van der Waals surface area contributed by atoms with Gasteiger partial charge in [0.2, 0.25) is 5.76 Å². The maximum absolute atomic E-state index is 10.4. The van der Waals surface area contributed by atoms with E-state index in [0.717, 1.165) is 19.3 Å². The van der Waals surface area contributed by atoms with Gasteiger partial charge in [0.05, 0.1) is 0 Å². The lowest BCUT2D eigenvalue weighted by Crippen LogP contribution is -1.93. The Hall–Kier alpha value is -1.71. The van der Waals surface area contributed by atoms with E-state index in [-0.39, 0.29) is 5.95 Å². The van der Waals surface area contributed by atoms with Gasteiger partial charge in [0.15, 0.2) is 0 Å². The lowest BCUT2D eigenvalue weighted by molar-refractivity contribution is -0.137. The van der Waals surface area contributed by atoms with Crippen molar-refractivity contribution in [2.45, 2.75) is 83.5 Å². The van der Waals surface area contributed by atoms with Crippen LogP contribution in [0.25, 0.3) is 0 Å². The van der Waals surface area contributed by atoms with Gasteiger partial charge in [-0.05, 0) is 25.3 Å². The van der Waals surface area contributed by atoms with Crippen LogP contribution in [-0.4, -0.2) is 16.2 Å². The highest BCUT2D eigenvalue weighted by molar-refractivity contribution is 5.66. The molecule has 0 aliphatic carbocycles. The fraction of sp³-hybridized carbons (Fsp3) is 0.650. The summed E-state index contributed by atoms with van der Waals surface area (Å²) in [6.07, 6.45) is 22.6. The summed E-state index contributed by atoms with van der Waals surface area (Å²) in [5.41, 5.74) is 0. The van der Waals surface area contributed by atoms with Crippen LogP contribution in [0.15, 0.2) is 36.0 Å². The zero-order valence-electron chi connectivity index (χ0n) is 14.7. The van der Waals surface area contributed by atoms with Crippen LogP contribution in [0, 0.1) is 0 Å². The topological polar surface area (TPSA) is 70.1 Å². The van der Waals surface area contributed by atoms with Crippen molar-refractivity contribution in [3.63, 3.8) is 0 Å². The molecule has 24 heavy (non-hydrogen) atoms. The van der Waals surface area contributed by atoms with Crippen LogP contribution in [0.5, 0.6) is 0 Å². The Labute approximate surface area is 145 Å². The second-order valence-corrected chi connectivity index (χ2v) is 6.38. The standard InChI is InChI=1S/C20H32O4/c21-19(22)17-15-13-11-9-7-5-3-1-2-4-6-8-10-12-14-16-18-20(23)24-18/h10,12,14,16,23H,1-9,11,13,15,17H2,(H,21,22). The van der Waals surface area contributed by atoms with E-state index in [4.69, 9.17) is 14.9 Å². The number of hydrogen-bond acceptors (Lipinski definition) is 3. The summed E-state index contributed by atoms with van der Waals surface area (Å²) in [7, 11) is 0. The van der Waals surface area contributed by atoms with Gasteiger partial charge in [0.25, 0.3) is 0 Å². The summed E-state index contributed by atoms with van der Waals surface area (Å²) in [6.45, 7) is 0. The fourth-order valence-corrected chi connectivity index (χ4v) is 2.63. The molecule has 0 unspecified atom stereocenters. The zero-order valence-corrected chi connectivity index (χ0v) is 14.7. The summed E-state index contributed by atoms with van der Waals surface area (Å²) >= 11 is 0. The van der Waals surface area contributed by atoms with Crippen LogP contribution in [0.3, 0.4) is 0 Å². The predicted molar refractivity (Wildman–Crippen MR) is 96.7 cm³/mol. The Morgan fingerprint density at radius 1 is 0.833 bits per heavy atom. The molecule has 0 bridgehead atoms. The molecule has 0 fully saturated rings. The molecule has 136 valence electrons. The average molecular weight is 336 g/mol. The van der Waals surface area contributed by atoms with Gasteiger partial charge in [-0.2, -0.15) is 0 Å². The number of aliphatic hydroxyl groups excluding tert-OH is 1. The first-order chi connectivity index (χ1) is 11.7. The summed E-state index contributed by atoms with van der Waals surface area (Å²) in [5.74, 6) is -0.0644. The van der Waals surface area contributed by atoms with Crippen molar-refractivity contribution >= 4 is 5.97 Å². The normalized spacial score (nSPS) is 13.8. The molecule has 1 rings (SSSR count). The minimum absolute atomic E-state index is 0.0397. The lowest BCUT2D eigenvalue weighted by Gasteiger charge is -2.02. The van der Waals surface area contributed by atoms with Crippen molar-refractivity contribution < 1.29 is 19.7 Å². The largest absolute Gasteiger partial charge is 0.481 e. The average Bonchev–Trinajstić information content (AvgIpc) is 3.25. The maximum atomic E-state index is 10.4. The number of carbonyl (C=O) groups is 1. The molecule has 0 saturated carbocycles. The van der Waals surface area contributed by atoms with Crippen LogP contribution in [-0.2, 0) is 9.53 Å². The third-order valence-electron chi connectivity index (χ3n) is 4.13. The van der Waals surface area contributed by atoms with Gasteiger partial charge in [-0.1, -0.05) is 76.0 Å². The monoisotopic (exact) mass is 336 g/mol. The highest BCUT2D eigenvalue weighted by Crippen LogP contribution is 2.23. The Bertz CT molecular complexity index is 435. The number of allylic oxidation sites excluding steroid dienone is 4. The molecule has 0 saturated heterocycles. The Balaban J connectivity index is 1.72. The van der Waals surface area contributed by atoms with E-state index in [1.165, 1.54) is 57.8 Å². The van der Waals surface area contributed by atoms with E-state index < -0.39 is 5.97 Å². The lowest BCUT2D eigenvalue weighted by atomic mass is 10.0. The third-order valence-corrected chi connectivity index (χ3v) is 4.13. The third kappa shape index (κ3) is 12.8. The fourth-order valence-electron chi connectivity index (χ4n) is 2.63. The maximum Gasteiger partial charge on any atom is 0.327 e. The van der Waals surface area contributed by atoms with Gasteiger partial charge < -0.3 is 14.9 Å². The second kappa shape index (κ2) is 13.7. The van der Waals surface area contributed by atoms with Gasteiger partial charge in [-0.15, -0.1) is 0 Å². The van der Waals surface area contributed by atoms with Gasteiger partial charge in [0, 0.05) is 6.42 Å². The van der Waals surface area contributed by atoms with Crippen LogP contribution in [0.2, 0.25) is 0 Å². The van der Waals surface area contributed by atoms with Gasteiger partial charge in [-0.3, -0.25) is 4.79 Å². The second-order valence-electron chi connectivity index (χ2n) is 6.38. The number of rotatable bonds is 16. The van der Waals surface area contributed by atoms with Crippen molar-refractivity contribution in [1.29, 1.82) is 0 Å². The quantitative estimate of drug-likeness (QED) is 0.267. The number of carboxylic acids is 1. The van der Waals surface area contributed by atoms with Crippen LogP contribution >= 0.6 is 0 Å². The van der Waals surface area contributed by atoms with Crippen molar-refractivity contribution in [3.05, 3.63) is 36.0 Å². The first-order valence-electron chi connectivity index (χ1n) is 9.36. The molecule has 0 atom stereocenters. The highest BCUT2D eigenvalue weighted by atomic mass is 16.7. The van der Waals surface area contributed by atoms with Crippen LogP contribution < -0.4 is 0 Å². The zero-order chi connectivity index (χ0) is 17.5. The summed E-state index contributed by atoms with van der Waals surface area (Å²) < 4.78 is 4.70. The SMILES string of the molecule is O=C(O)CCCCCCCCCCCCCC=CC=CC1=C(O)O1. The van der Waals surface area contributed by atoms with Gasteiger partial charge >= 0.3 is 11.9 Å². The van der Waals surface area contributed by atoms with E-state index in [1.54, 1.807) is 6.08 Å². The Morgan fingerprint density at radius 3 is 1.83 bits per heavy atom. The van der Waals surface area contributed by atoms with Crippen molar-refractivity contribution in [1.82, 2.24) is 0 Å². The summed E-state index contributed by atoms with van der Waals surface area (Å²) in [4.78, 5) is 10.4. The van der Waals surface area contributed by atoms with E-state index in [0.29, 0.717) is 12.2 Å². The van der Waals surface area contributed by atoms with E-state index in [2.05, 4.69) is 6.08 Å². The van der Waals surface area contributed by atoms with Crippen molar-refractivity contribution in [2.75, 3.05) is 0 Å². The minimum atomic E-state index is -0.673. The van der Waals surface area contributed by atoms with Crippen molar-refractivity contribution in [3.8, 4) is 0 Å². The molecule has 0 aromatic rings. The molecule has 1 heterocycles. The molecular weight excluding hydrogens is 304 g/mol. The molecule has 1 aliphatic rings.